The van der Waals surface area contributed by atoms with Gasteiger partial charge in [-0.05, 0) is 25.5 Å². The minimum Gasteiger partial charge on any atom is -0.435 e. The Morgan fingerprint density at radius 2 is 2.00 bits per heavy atom. The van der Waals surface area contributed by atoms with Crippen LogP contribution in [0.25, 0.3) is 0 Å². The van der Waals surface area contributed by atoms with Gasteiger partial charge in [-0.1, -0.05) is 13.0 Å². The zero-order valence-corrected chi connectivity index (χ0v) is 11.3. The molecule has 20 heavy (non-hydrogen) atoms. The van der Waals surface area contributed by atoms with E-state index in [2.05, 4.69) is 9.97 Å². The van der Waals surface area contributed by atoms with Crippen LogP contribution in [0.5, 0.6) is 11.6 Å². The number of rotatable bonds is 4. The highest BCUT2D eigenvalue weighted by Crippen LogP contribution is 2.28. The van der Waals surface area contributed by atoms with Gasteiger partial charge in [0.1, 0.15) is 11.6 Å². The number of halogens is 2. The van der Waals surface area contributed by atoms with Crippen molar-refractivity contribution in [1.82, 2.24) is 9.97 Å². The first kappa shape index (κ1) is 14.2. The normalized spacial score (nSPS) is 10.6. The number of aryl methyl sites for hydroxylation is 1. The van der Waals surface area contributed by atoms with Gasteiger partial charge in [0, 0.05) is 6.42 Å². The van der Waals surface area contributed by atoms with E-state index in [9.17, 15) is 8.78 Å². The minimum absolute atomic E-state index is 0.144. The fraction of sp³-hybridized carbons (Fsp3) is 0.286. The number of aromatic nitrogens is 2. The average molecular weight is 279 g/mol. The van der Waals surface area contributed by atoms with Crippen molar-refractivity contribution in [2.24, 2.45) is 0 Å². The van der Waals surface area contributed by atoms with Crippen LogP contribution in [-0.4, -0.2) is 9.97 Å². The third-order valence-corrected chi connectivity index (χ3v) is 2.78. The number of nitrogen functional groups attached to an aromatic ring is 1. The molecule has 0 radical (unpaired) electrons. The monoisotopic (exact) mass is 279 g/mol. The van der Waals surface area contributed by atoms with Gasteiger partial charge in [-0.25, -0.2) is 9.37 Å². The molecular weight excluding hydrogens is 264 g/mol. The van der Waals surface area contributed by atoms with E-state index in [1.807, 2.05) is 6.92 Å². The van der Waals surface area contributed by atoms with Crippen LogP contribution >= 0.6 is 0 Å². The second-order valence-electron chi connectivity index (χ2n) is 4.36. The summed E-state index contributed by atoms with van der Waals surface area (Å²) in [6.07, 6.45) is 1.47. The second-order valence-corrected chi connectivity index (χ2v) is 4.36. The zero-order chi connectivity index (χ0) is 14.7. The van der Waals surface area contributed by atoms with E-state index >= 15 is 0 Å². The van der Waals surface area contributed by atoms with Crippen LogP contribution in [0.15, 0.2) is 18.2 Å². The Hall–Kier alpha value is -2.24. The standard InChI is InChI=1S/C14H15F2N3O/c1-3-5-11-18-13(17)8(2)14(19-11)20-10-7-4-6-9(15)12(10)16/h4,6-7H,3,5H2,1-2H3,(H2,17,18,19). The van der Waals surface area contributed by atoms with Crippen molar-refractivity contribution >= 4 is 5.82 Å². The van der Waals surface area contributed by atoms with Crippen LogP contribution in [-0.2, 0) is 6.42 Å². The maximum Gasteiger partial charge on any atom is 0.227 e. The van der Waals surface area contributed by atoms with Crippen LogP contribution in [0.4, 0.5) is 14.6 Å². The van der Waals surface area contributed by atoms with E-state index in [1.54, 1.807) is 6.92 Å². The summed E-state index contributed by atoms with van der Waals surface area (Å²) < 4.78 is 32.1. The molecule has 0 aliphatic heterocycles. The summed E-state index contributed by atoms with van der Waals surface area (Å²) >= 11 is 0. The minimum atomic E-state index is -1.05. The van der Waals surface area contributed by atoms with Crippen LogP contribution in [0.3, 0.4) is 0 Å². The first-order valence-corrected chi connectivity index (χ1v) is 6.27. The van der Waals surface area contributed by atoms with E-state index < -0.39 is 11.6 Å². The molecule has 0 bridgehead atoms. The molecule has 0 unspecified atom stereocenters. The molecule has 0 amide bonds. The Morgan fingerprint density at radius 1 is 1.25 bits per heavy atom. The average Bonchev–Trinajstić information content (AvgIpc) is 2.41. The van der Waals surface area contributed by atoms with Crippen molar-refractivity contribution in [2.45, 2.75) is 26.7 Å². The van der Waals surface area contributed by atoms with E-state index in [0.29, 0.717) is 17.8 Å². The first-order chi connectivity index (χ1) is 9.52. The number of benzene rings is 1. The third kappa shape index (κ3) is 2.84. The van der Waals surface area contributed by atoms with E-state index in [1.165, 1.54) is 12.1 Å². The van der Waals surface area contributed by atoms with Crippen LogP contribution in [0.1, 0.15) is 24.7 Å². The van der Waals surface area contributed by atoms with Crippen molar-refractivity contribution in [1.29, 1.82) is 0 Å². The van der Waals surface area contributed by atoms with Crippen molar-refractivity contribution in [3.8, 4) is 11.6 Å². The van der Waals surface area contributed by atoms with Gasteiger partial charge in [-0.15, -0.1) is 0 Å². The molecule has 1 aromatic heterocycles. The maximum absolute atomic E-state index is 13.6. The van der Waals surface area contributed by atoms with E-state index in [-0.39, 0.29) is 17.4 Å². The van der Waals surface area contributed by atoms with E-state index in [0.717, 1.165) is 12.5 Å². The summed E-state index contributed by atoms with van der Waals surface area (Å²) in [4.78, 5) is 8.31. The summed E-state index contributed by atoms with van der Waals surface area (Å²) in [5, 5.41) is 0. The summed E-state index contributed by atoms with van der Waals surface area (Å²) in [6, 6.07) is 3.71. The number of hydrogen-bond acceptors (Lipinski definition) is 4. The maximum atomic E-state index is 13.6. The smallest absolute Gasteiger partial charge is 0.227 e. The third-order valence-electron chi connectivity index (χ3n) is 2.78. The highest BCUT2D eigenvalue weighted by molar-refractivity contribution is 5.46. The molecule has 0 spiro atoms. The lowest BCUT2D eigenvalue weighted by Gasteiger charge is -2.11. The van der Waals surface area contributed by atoms with Gasteiger partial charge in [0.15, 0.2) is 11.6 Å². The zero-order valence-electron chi connectivity index (χ0n) is 11.3. The van der Waals surface area contributed by atoms with Gasteiger partial charge >= 0.3 is 0 Å². The summed E-state index contributed by atoms with van der Waals surface area (Å²) in [5.74, 6) is -1.33. The summed E-state index contributed by atoms with van der Waals surface area (Å²) in [5.41, 5.74) is 6.27. The molecule has 106 valence electrons. The molecule has 0 atom stereocenters. The fourth-order valence-electron chi connectivity index (χ4n) is 1.66. The predicted octanol–water partition coefficient (Wildman–Crippen LogP) is 3.39. The Morgan fingerprint density at radius 3 is 2.70 bits per heavy atom. The van der Waals surface area contributed by atoms with Crippen molar-refractivity contribution in [3.63, 3.8) is 0 Å². The van der Waals surface area contributed by atoms with Crippen molar-refractivity contribution in [2.75, 3.05) is 5.73 Å². The number of hydrogen-bond donors (Lipinski definition) is 1. The highest BCUT2D eigenvalue weighted by Gasteiger charge is 2.14. The van der Waals surface area contributed by atoms with Gasteiger partial charge < -0.3 is 10.5 Å². The molecule has 0 saturated heterocycles. The van der Waals surface area contributed by atoms with Crippen molar-refractivity contribution in [3.05, 3.63) is 41.2 Å². The van der Waals surface area contributed by atoms with Crippen LogP contribution in [0.2, 0.25) is 0 Å². The van der Waals surface area contributed by atoms with Crippen LogP contribution in [0, 0.1) is 18.6 Å². The molecule has 4 nitrogen and oxygen atoms in total. The summed E-state index contributed by atoms with van der Waals surface area (Å²) in [6.45, 7) is 3.64. The van der Waals surface area contributed by atoms with Gasteiger partial charge in [0.2, 0.25) is 11.7 Å². The second kappa shape index (κ2) is 5.81. The number of anilines is 1. The van der Waals surface area contributed by atoms with Crippen molar-refractivity contribution < 1.29 is 13.5 Å². The topological polar surface area (TPSA) is 61.0 Å². The quantitative estimate of drug-likeness (QED) is 0.931. The van der Waals surface area contributed by atoms with Gasteiger partial charge in [-0.2, -0.15) is 9.37 Å². The molecule has 2 N–H and O–H groups in total. The molecule has 2 aromatic rings. The lowest BCUT2D eigenvalue weighted by Crippen LogP contribution is -2.05. The molecule has 0 aliphatic rings. The summed E-state index contributed by atoms with van der Waals surface area (Å²) in [7, 11) is 0. The van der Waals surface area contributed by atoms with Gasteiger partial charge in [-0.3, -0.25) is 0 Å². The number of ether oxygens (including phenoxy) is 1. The lowest BCUT2D eigenvalue weighted by molar-refractivity contribution is 0.401. The molecule has 0 fully saturated rings. The number of nitrogens with zero attached hydrogens (tertiary/aromatic N) is 2. The largest absolute Gasteiger partial charge is 0.435 e. The molecule has 0 aliphatic carbocycles. The molecule has 6 heteroatoms. The molecule has 2 rings (SSSR count). The molecule has 0 saturated carbocycles. The molecule has 1 aromatic carbocycles. The first-order valence-electron chi connectivity index (χ1n) is 6.27. The number of nitrogens with two attached hydrogens (primary N) is 1. The van der Waals surface area contributed by atoms with Gasteiger partial charge in [0.25, 0.3) is 0 Å². The molecule has 1 heterocycles. The highest BCUT2D eigenvalue weighted by atomic mass is 19.2. The Kier molecular flexibility index (Phi) is 4.12. The lowest BCUT2D eigenvalue weighted by atomic mass is 10.2. The predicted molar refractivity (Wildman–Crippen MR) is 71.6 cm³/mol. The molecular formula is C14H15F2N3O. The van der Waals surface area contributed by atoms with E-state index in [4.69, 9.17) is 10.5 Å². The Balaban J connectivity index is 2.39. The Bertz CT molecular complexity index is 632. The van der Waals surface area contributed by atoms with Crippen LogP contribution < -0.4 is 10.5 Å². The van der Waals surface area contributed by atoms with Gasteiger partial charge in [0.05, 0.1) is 5.56 Å². The Labute approximate surface area is 115 Å². The SMILES string of the molecule is CCCc1nc(N)c(C)c(Oc2cccc(F)c2F)n1. The fourth-order valence-corrected chi connectivity index (χ4v) is 1.66.